The molecule has 0 rings (SSSR count). The van der Waals surface area contributed by atoms with Crippen molar-refractivity contribution in [1.29, 1.82) is 0 Å². The van der Waals surface area contributed by atoms with Gasteiger partial charge in [-0.1, -0.05) is 26.2 Å². The molecule has 0 amide bonds. The fourth-order valence-corrected chi connectivity index (χ4v) is 31.5. The van der Waals surface area contributed by atoms with Crippen molar-refractivity contribution in [2.75, 3.05) is 0 Å². The molecule has 11 heteroatoms. The molecule has 0 aliphatic carbocycles. The highest BCUT2D eigenvalue weighted by atomic mass is 35.6. The zero-order chi connectivity index (χ0) is 21.4. The molecule has 1 atom stereocenters. The first-order valence-corrected chi connectivity index (χ1v) is 29.8. The molecule has 0 aliphatic rings. The molecule has 0 saturated carbocycles. The molecule has 0 spiro atoms. The van der Waals surface area contributed by atoms with Crippen molar-refractivity contribution in [3.8, 4) is 0 Å². The normalized spacial score (nSPS) is 16.7. The third kappa shape index (κ3) is 11.7. The van der Waals surface area contributed by atoms with Gasteiger partial charge < -0.3 is 12.3 Å². The lowest BCUT2D eigenvalue weighted by Crippen LogP contribution is -2.66. The highest BCUT2D eigenvalue weighted by Crippen LogP contribution is 2.46. The smallest absolute Gasteiger partial charge is 0.417 e. The topological polar surface area (TPSA) is 27.7 Å². The van der Waals surface area contributed by atoms with Crippen molar-refractivity contribution in [3.05, 3.63) is 0 Å². The number of hydrogen-bond donors (Lipinski definition) is 0. The van der Waals surface area contributed by atoms with E-state index in [-0.39, 0.29) is 5.16 Å². The van der Waals surface area contributed by atoms with Crippen LogP contribution in [0.2, 0.25) is 96.3 Å². The molecule has 3 nitrogen and oxygen atoms in total. The van der Waals surface area contributed by atoms with Gasteiger partial charge in [-0.25, -0.2) is 0 Å². The van der Waals surface area contributed by atoms with Crippen molar-refractivity contribution >= 4 is 70.7 Å². The monoisotopic (exact) mass is 508 g/mol. The molecular formula is C15H42Cl2O3Si6. The van der Waals surface area contributed by atoms with Gasteiger partial charge in [-0.15, -0.1) is 0 Å². The van der Waals surface area contributed by atoms with E-state index in [1.54, 1.807) is 0 Å². The predicted octanol–water partition coefficient (Wildman–Crippen LogP) is 7.28. The first kappa shape index (κ1) is 27.8. The van der Waals surface area contributed by atoms with Crippen molar-refractivity contribution in [1.82, 2.24) is 0 Å². The molecule has 0 radical (unpaired) electrons. The third-order valence-electron chi connectivity index (χ3n) is 3.29. The van der Waals surface area contributed by atoms with Crippen LogP contribution in [0.1, 0.15) is 0 Å². The quantitative estimate of drug-likeness (QED) is 0.229. The average Bonchev–Trinajstić information content (AvgIpc) is 2.14. The standard InChI is InChI=1S/C15H42Cl2O3Si6/c1-21(2,3)18-26(19-22(4,5)6,20-23(7,8)9)15(25(12,13)17)14-24(10,11)16/h15H,14H2,1-13H3. The predicted molar refractivity (Wildman–Crippen MR) is 134 cm³/mol. The Hall–Kier alpha value is 1.76. The van der Waals surface area contributed by atoms with E-state index in [4.69, 9.17) is 34.5 Å². The summed E-state index contributed by atoms with van der Waals surface area (Å²) in [6.45, 7) is 28.8. The molecule has 1 unspecified atom stereocenters. The Kier molecular flexibility index (Phi) is 9.46. The van der Waals surface area contributed by atoms with Crippen LogP contribution in [0.5, 0.6) is 0 Å². The Balaban J connectivity index is 6.56. The Morgan fingerprint density at radius 3 is 1.00 bits per heavy atom. The minimum absolute atomic E-state index is 0.126. The maximum atomic E-state index is 7.12. The first-order chi connectivity index (χ1) is 11.0. The van der Waals surface area contributed by atoms with Crippen LogP contribution >= 0.6 is 22.2 Å². The second-order valence-corrected chi connectivity index (χ2v) is 42.6. The molecular weight excluding hydrogens is 468 g/mol. The minimum atomic E-state index is -3.01. The lowest BCUT2D eigenvalue weighted by atomic mass is 10.9. The average molecular weight is 510 g/mol. The van der Waals surface area contributed by atoms with E-state index >= 15 is 0 Å². The van der Waals surface area contributed by atoms with E-state index in [1.165, 1.54) is 0 Å². The van der Waals surface area contributed by atoms with Gasteiger partial charge in [0.15, 0.2) is 39.7 Å². The lowest BCUT2D eigenvalue weighted by molar-refractivity contribution is 0.248. The molecule has 0 aliphatic heterocycles. The molecule has 0 heterocycles. The van der Waals surface area contributed by atoms with Crippen molar-refractivity contribution in [2.24, 2.45) is 0 Å². The molecule has 158 valence electrons. The van der Waals surface area contributed by atoms with Gasteiger partial charge in [0, 0.05) is 5.16 Å². The number of rotatable bonds is 10. The number of hydrogen-bond acceptors (Lipinski definition) is 3. The van der Waals surface area contributed by atoms with Crippen molar-refractivity contribution in [2.45, 2.75) is 96.3 Å². The van der Waals surface area contributed by atoms with Crippen LogP contribution in [0.4, 0.5) is 0 Å². The third-order valence-corrected chi connectivity index (χ3v) is 24.2. The summed E-state index contributed by atoms with van der Waals surface area (Å²) in [4.78, 5) is 0. The van der Waals surface area contributed by atoms with Crippen LogP contribution in [0.3, 0.4) is 0 Å². The first-order valence-electron chi connectivity index (χ1n) is 9.44. The summed E-state index contributed by atoms with van der Waals surface area (Å²) in [5, 5.41) is 0.126. The molecule has 0 aromatic rings. The molecule has 0 saturated heterocycles. The second-order valence-electron chi connectivity index (χ2n) is 11.3. The van der Waals surface area contributed by atoms with Crippen LogP contribution in [0, 0.1) is 0 Å². The van der Waals surface area contributed by atoms with Crippen molar-refractivity contribution in [3.63, 3.8) is 0 Å². The van der Waals surface area contributed by atoms with Crippen molar-refractivity contribution < 1.29 is 12.3 Å². The van der Waals surface area contributed by atoms with Crippen LogP contribution < -0.4 is 0 Å². The summed E-state index contributed by atoms with van der Waals surface area (Å²) in [5.74, 6) is 0. The van der Waals surface area contributed by atoms with Crippen LogP contribution in [-0.4, -0.2) is 48.5 Å². The van der Waals surface area contributed by atoms with Crippen LogP contribution in [0.25, 0.3) is 0 Å². The van der Waals surface area contributed by atoms with Crippen LogP contribution in [-0.2, 0) is 12.3 Å². The Morgan fingerprint density at radius 2 is 0.846 bits per heavy atom. The zero-order valence-corrected chi connectivity index (χ0v) is 26.8. The highest BCUT2D eigenvalue weighted by Gasteiger charge is 2.61. The maximum absolute atomic E-state index is 7.12. The fraction of sp³-hybridized carbons (Fsp3) is 1.00. The Bertz CT molecular complexity index is 418. The summed E-state index contributed by atoms with van der Waals surface area (Å²) >= 11 is 14.0. The fourth-order valence-electron chi connectivity index (χ4n) is 2.83. The van der Waals surface area contributed by atoms with Crippen LogP contribution in [0.15, 0.2) is 0 Å². The molecule has 0 fully saturated rings. The lowest BCUT2D eigenvalue weighted by Gasteiger charge is -2.49. The summed E-state index contributed by atoms with van der Waals surface area (Å²) < 4.78 is 20.8. The maximum Gasteiger partial charge on any atom is 0.470 e. The van der Waals surface area contributed by atoms with Gasteiger partial charge in [-0.05, 0) is 65.0 Å². The zero-order valence-electron chi connectivity index (χ0n) is 19.3. The SMILES string of the molecule is C[Si](C)(Cl)CC([Si](C)(C)Cl)[Si](O[Si](C)(C)C)(O[Si](C)(C)C)O[Si](C)(C)C. The van der Waals surface area contributed by atoms with Gasteiger partial charge in [0.1, 0.15) is 0 Å². The summed E-state index contributed by atoms with van der Waals surface area (Å²) in [5.41, 5.74) is 0. The minimum Gasteiger partial charge on any atom is -0.417 e. The van der Waals surface area contributed by atoms with Gasteiger partial charge in [-0.2, -0.15) is 22.2 Å². The van der Waals surface area contributed by atoms with E-state index in [0.717, 1.165) is 6.04 Å². The second kappa shape index (κ2) is 8.86. The van der Waals surface area contributed by atoms with Gasteiger partial charge in [-0.3, -0.25) is 0 Å². The molecule has 0 aromatic carbocycles. The molecule has 26 heavy (non-hydrogen) atoms. The molecule has 0 bridgehead atoms. The summed E-state index contributed by atoms with van der Waals surface area (Å²) in [6.07, 6.45) is 0. The molecule has 0 N–H and O–H groups in total. The number of halogens is 2. The van der Waals surface area contributed by atoms with Gasteiger partial charge in [0.2, 0.25) is 0 Å². The Morgan fingerprint density at radius 1 is 0.577 bits per heavy atom. The van der Waals surface area contributed by atoms with E-state index in [0.29, 0.717) is 0 Å². The molecule has 0 aromatic heterocycles. The van der Waals surface area contributed by atoms with E-state index in [1.807, 2.05) is 0 Å². The largest absolute Gasteiger partial charge is 0.470 e. The van der Waals surface area contributed by atoms with E-state index < -0.39 is 48.5 Å². The van der Waals surface area contributed by atoms with E-state index in [9.17, 15) is 0 Å². The van der Waals surface area contributed by atoms with Gasteiger partial charge in [0.25, 0.3) is 0 Å². The van der Waals surface area contributed by atoms with E-state index in [2.05, 4.69) is 85.1 Å². The summed E-state index contributed by atoms with van der Waals surface area (Å²) in [7, 11) is -12.8. The van der Waals surface area contributed by atoms with Gasteiger partial charge >= 0.3 is 8.80 Å². The Labute approximate surface area is 178 Å². The highest BCUT2D eigenvalue weighted by molar-refractivity contribution is 7.26. The van der Waals surface area contributed by atoms with Gasteiger partial charge in [0.05, 0.1) is 0 Å². The summed E-state index contributed by atoms with van der Waals surface area (Å²) in [6, 6.07) is 0.892.